The summed E-state index contributed by atoms with van der Waals surface area (Å²) in [5.41, 5.74) is 0.812. The van der Waals surface area contributed by atoms with Crippen LogP contribution in [0.15, 0.2) is 12.1 Å². The lowest BCUT2D eigenvalue weighted by Gasteiger charge is -2.14. The molecule has 1 aromatic rings. The highest BCUT2D eigenvalue weighted by Crippen LogP contribution is 2.38. The van der Waals surface area contributed by atoms with Crippen LogP contribution >= 0.6 is 0 Å². The van der Waals surface area contributed by atoms with Crippen molar-refractivity contribution in [2.45, 2.75) is 6.42 Å². The van der Waals surface area contributed by atoms with E-state index >= 15 is 0 Å². The number of likely N-dealkylation sites (N-methyl/N-ethyl adjacent to an activating group) is 1. The third-order valence-electron chi connectivity index (χ3n) is 2.97. The third kappa shape index (κ3) is 5.15. The van der Waals surface area contributed by atoms with Crippen LogP contribution in [0.3, 0.4) is 0 Å². The van der Waals surface area contributed by atoms with E-state index in [2.05, 4.69) is 5.32 Å². The van der Waals surface area contributed by atoms with Crippen LogP contribution in [0.1, 0.15) is 5.56 Å². The van der Waals surface area contributed by atoms with Crippen LogP contribution in [0.25, 0.3) is 0 Å². The Labute approximate surface area is 126 Å². The minimum Gasteiger partial charge on any atom is -0.493 e. The van der Waals surface area contributed by atoms with Gasteiger partial charge in [0.05, 0.1) is 27.8 Å². The maximum atomic E-state index is 11.9. The predicted octanol–water partition coefficient (Wildman–Crippen LogP) is 0.933. The van der Waals surface area contributed by atoms with Crippen molar-refractivity contribution in [3.05, 3.63) is 17.7 Å². The lowest BCUT2D eigenvalue weighted by Crippen LogP contribution is -2.32. The van der Waals surface area contributed by atoms with Crippen LogP contribution in [0.2, 0.25) is 0 Å². The lowest BCUT2D eigenvalue weighted by atomic mass is 10.1. The molecule has 118 valence electrons. The summed E-state index contributed by atoms with van der Waals surface area (Å²) in [4.78, 5) is 13.9. The van der Waals surface area contributed by atoms with Gasteiger partial charge in [-0.15, -0.1) is 0 Å². The summed E-state index contributed by atoms with van der Waals surface area (Å²) in [6.07, 6.45) is 0.268. The second kappa shape index (κ2) is 8.36. The van der Waals surface area contributed by atoms with Crippen LogP contribution in [-0.2, 0) is 11.2 Å². The predicted molar refractivity (Wildman–Crippen MR) is 81.4 cm³/mol. The second-order valence-corrected chi connectivity index (χ2v) is 4.86. The van der Waals surface area contributed by atoms with Crippen LogP contribution in [0.4, 0.5) is 0 Å². The molecule has 6 nitrogen and oxygen atoms in total. The molecule has 1 N–H and O–H groups in total. The quantitative estimate of drug-likeness (QED) is 0.773. The first-order chi connectivity index (χ1) is 10.0. The smallest absolute Gasteiger partial charge is 0.224 e. The van der Waals surface area contributed by atoms with E-state index in [1.54, 1.807) is 33.5 Å². The first kappa shape index (κ1) is 17.1. The Morgan fingerprint density at radius 3 is 2.10 bits per heavy atom. The minimum absolute atomic E-state index is 0.0360. The standard InChI is InChI=1S/C15H24N2O4/c1-17(2)7-6-16-14(18)10-11-8-12(19-3)15(21-5)13(9-11)20-4/h8-9H,6-7,10H2,1-5H3,(H,16,18). The van der Waals surface area contributed by atoms with Gasteiger partial charge in [-0.1, -0.05) is 0 Å². The molecule has 1 amide bonds. The van der Waals surface area contributed by atoms with Gasteiger partial charge in [-0.3, -0.25) is 4.79 Å². The molecule has 1 rings (SSSR count). The normalized spacial score (nSPS) is 10.4. The van der Waals surface area contributed by atoms with Crippen molar-refractivity contribution in [3.63, 3.8) is 0 Å². The molecule has 0 aromatic heterocycles. The zero-order valence-electron chi connectivity index (χ0n) is 13.4. The summed E-state index contributed by atoms with van der Waals surface area (Å²) in [7, 11) is 8.58. The largest absolute Gasteiger partial charge is 0.493 e. The Kier molecular flexibility index (Phi) is 6.81. The number of rotatable bonds is 8. The van der Waals surface area contributed by atoms with Crippen LogP contribution < -0.4 is 19.5 Å². The summed E-state index contributed by atoms with van der Waals surface area (Å²) >= 11 is 0. The Morgan fingerprint density at radius 1 is 1.10 bits per heavy atom. The molecule has 0 bridgehead atoms. The van der Waals surface area contributed by atoms with Crippen molar-refractivity contribution in [2.24, 2.45) is 0 Å². The topological polar surface area (TPSA) is 60.0 Å². The van der Waals surface area contributed by atoms with Gasteiger partial charge in [0.2, 0.25) is 11.7 Å². The highest BCUT2D eigenvalue weighted by molar-refractivity contribution is 5.79. The van der Waals surface area contributed by atoms with Gasteiger partial charge in [0, 0.05) is 13.1 Å². The van der Waals surface area contributed by atoms with Gasteiger partial charge in [-0.25, -0.2) is 0 Å². The average molecular weight is 296 g/mol. The minimum atomic E-state index is -0.0360. The molecule has 0 saturated heterocycles. The number of nitrogens with zero attached hydrogens (tertiary/aromatic N) is 1. The SMILES string of the molecule is COc1cc(CC(=O)NCCN(C)C)cc(OC)c1OC. The number of benzene rings is 1. The molecule has 0 aliphatic rings. The summed E-state index contributed by atoms with van der Waals surface area (Å²) in [6, 6.07) is 3.57. The molecule has 0 unspecified atom stereocenters. The van der Waals surface area contributed by atoms with E-state index in [0.717, 1.165) is 12.1 Å². The number of ether oxygens (including phenoxy) is 3. The summed E-state index contributed by atoms with van der Waals surface area (Å²) < 4.78 is 15.8. The maximum absolute atomic E-state index is 11.9. The van der Waals surface area contributed by atoms with E-state index < -0.39 is 0 Å². The molecule has 0 aliphatic carbocycles. The first-order valence-corrected chi connectivity index (χ1v) is 6.72. The van der Waals surface area contributed by atoms with Crippen molar-refractivity contribution in [1.29, 1.82) is 0 Å². The number of hydrogen-bond acceptors (Lipinski definition) is 5. The Balaban J connectivity index is 2.77. The van der Waals surface area contributed by atoms with Crippen molar-refractivity contribution < 1.29 is 19.0 Å². The highest BCUT2D eigenvalue weighted by Gasteiger charge is 2.14. The second-order valence-electron chi connectivity index (χ2n) is 4.86. The van der Waals surface area contributed by atoms with Gasteiger partial charge in [0.15, 0.2) is 11.5 Å². The fourth-order valence-corrected chi connectivity index (χ4v) is 1.90. The molecular formula is C15H24N2O4. The molecule has 0 saturated carbocycles. The number of amides is 1. The molecule has 0 aliphatic heterocycles. The lowest BCUT2D eigenvalue weighted by molar-refractivity contribution is -0.120. The molecule has 0 heterocycles. The molecule has 0 fully saturated rings. The van der Waals surface area contributed by atoms with Gasteiger partial charge in [0.25, 0.3) is 0 Å². The van der Waals surface area contributed by atoms with Crippen LogP contribution in [0, 0.1) is 0 Å². The average Bonchev–Trinajstić information content (AvgIpc) is 2.45. The molecule has 21 heavy (non-hydrogen) atoms. The van der Waals surface area contributed by atoms with E-state index in [1.807, 2.05) is 19.0 Å². The zero-order chi connectivity index (χ0) is 15.8. The van der Waals surface area contributed by atoms with Crippen molar-refractivity contribution in [3.8, 4) is 17.2 Å². The molecule has 0 atom stereocenters. The highest BCUT2D eigenvalue weighted by atomic mass is 16.5. The number of methoxy groups -OCH3 is 3. The zero-order valence-corrected chi connectivity index (χ0v) is 13.4. The molecule has 1 aromatic carbocycles. The van der Waals surface area contributed by atoms with E-state index in [9.17, 15) is 4.79 Å². The molecule has 6 heteroatoms. The Bertz CT molecular complexity index is 450. The Morgan fingerprint density at radius 2 is 1.67 bits per heavy atom. The van der Waals surface area contributed by atoms with Gasteiger partial charge in [-0.05, 0) is 31.8 Å². The summed E-state index contributed by atoms with van der Waals surface area (Å²) in [5, 5.41) is 2.87. The van der Waals surface area contributed by atoms with Gasteiger partial charge >= 0.3 is 0 Å². The van der Waals surface area contributed by atoms with E-state index in [0.29, 0.717) is 23.8 Å². The number of nitrogens with one attached hydrogen (secondary N) is 1. The van der Waals surface area contributed by atoms with Crippen LogP contribution in [-0.4, -0.2) is 59.3 Å². The molecule has 0 radical (unpaired) electrons. The monoisotopic (exact) mass is 296 g/mol. The third-order valence-corrected chi connectivity index (χ3v) is 2.97. The summed E-state index contributed by atoms with van der Waals surface area (Å²) in [6.45, 7) is 1.43. The van der Waals surface area contributed by atoms with E-state index in [1.165, 1.54) is 0 Å². The van der Waals surface area contributed by atoms with Gasteiger partial charge in [-0.2, -0.15) is 0 Å². The fraction of sp³-hybridized carbons (Fsp3) is 0.533. The van der Waals surface area contributed by atoms with Crippen molar-refractivity contribution in [1.82, 2.24) is 10.2 Å². The van der Waals surface area contributed by atoms with Gasteiger partial charge in [0.1, 0.15) is 0 Å². The summed E-state index contributed by atoms with van der Waals surface area (Å²) in [5.74, 6) is 1.59. The van der Waals surface area contributed by atoms with E-state index in [-0.39, 0.29) is 12.3 Å². The first-order valence-electron chi connectivity index (χ1n) is 6.72. The van der Waals surface area contributed by atoms with E-state index in [4.69, 9.17) is 14.2 Å². The van der Waals surface area contributed by atoms with Crippen molar-refractivity contribution >= 4 is 5.91 Å². The number of carbonyl (C=O) groups is 1. The molecular weight excluding hydrogens is 272 g/mol. The number of hydrogen-bond donors (Lipinski definition) is 1. The fourth-order valence-electron chi connectivity index (χ4n) is 1.90. The molecule has 0 spiro atoms. The maximum Gasteiger partial charge on any atom is 0.224 e. The Hall–Kier alpha value is -1.95. The number of carbonyl (C=O) groups excluding carboxylic acids is 1. The van der Waals surface area contributed by atoms with Crippen LogP contribution in [0.5, 0.6) is 17.2 Å². The van der Waals surface area contributed by atoms with Gasteiger partial charge < -0.3 is 24.4 Å². The van der Waals surface area contributed by atoms with Crippen molar-refractivity contribution in [2.75, 3.05) is 48.5 Å².